The molecule has 2 aromatic rings. The maximum atomic E-state index is 10.5. The van der Waals surface area contributed by atoms with Gasteiger partial charge in [0.05, 0.1) is 38.9 Å². The molecule has 0 bridgehead atoms. The van der Waals surface area contributed by atoms with Gasteiger partial charge in [0.2, 0.25) is 0 Å². The number of ether oxygens (including phenoxy) is 2. The van der Waals surface area contributed by atoms with E-state index in [1.54, 1.807) is 0 Å². The Balaban J connectivity index is 1.79. The van der Waals surface area contributed by atoms with Gasteiger partial charge >= 0.3 is 0 Å². The van der Waals surface area contributed by atoms with Crippen molar-refractivity contribution in [1.82, 2.24) is 0 Å². The minimum Gasteiger partial charge on any atom is -0.548 e. The van der Waals surface area contributed by atoms with Crippen molar-refractivity contribution in [2.75, 3.05) is 19.8 Å². The maximum Gasteiger partial charge on any atom is 0.117 e. The Morgan fingerprint density at radius 2 is 1.36 bits per heavy atom. The van der Waals surface area contributed by atoms with Crippen LogP contribution in [-0.4, -0.2) is 31.8 Å². The molecule has 0 radical (unpaired) electrons. The molecule has 6 heteroatoms. The average Bonchev–Trinajstić information content (AvgIpc) is 2.63. The molecule has 0 spiro atoms. The lowest BCUT2D eigenvalue weighted by molar-refractivity contribution is -0.303. The molecular formula is C19H21N2O4-. The van der Waals surface area contributed by atoms with Crippen molar-refractivity contribution in [3.63, 3.8) is 0 Å². The van der Waals surface area contributed by atoms with Gasteiger partial charge in [0.25, 0.3) is 0 Å². The number of carbonyl (C=O) groups excluding carboxylic acids is 1. The normalized spacial score (nSPS) is 11.2. The molecule has 25 heavy (non-hydrogen) atoms. The largest absolute Gasteiger partial charge is 0.548 e. The van der Waals surface area contributed by atoms with E-state index in [1.807, 2.05) is 60.7 Å². The zero-order valence-electron chi connectivity index (χ0n) is 13.9. The van der Waals surface area contributed by atoms with Gasteiger partial charge in [-0.25, -0.2) is 0 Å². The van der Waals surface area contributed by atoms with Crippen molar-refractivity contribution in [3.8, 4) is 0 Å². The summed E-state index contributed by atoms with van der Waals surface area (Å²) in [5.41, 5.74) is 2.11. The van der Waals surface area contributed by atoms with Crippen LogP contribution in [0.2, 0.25) is 0 Å². The molecular weight excluding hydrogens is 320 g/mol. The number of carboxylic acids is 1. The first kappa shape index (κ1) is 18.8. The fourth-order valence-electron chi connectivity index (χ4n) is 2.10. The van der Waals surface area contributed by atoms with Crippen molar-refractivity contribution in [1.29, 1.82) is 0 Å². The summed E-state index contributed by atoms with van der Waals surface area (Å²) in [4.78, 5) is 10.5. The van der Waals surface area contributed by atoms with E-state index in [2.05, 4.69) is 10.2 Å². The second kappa shape index (κ2) is 11.1. The van der Waals surface area contributed by atoms with Crippen LogP contribution >= 0.6 is 0 Å². The Kier molecular flexibility index (Phi) is 8.31. The maximum absolute atomic E-state index is 10.5. The first-order valence-electron chi connectivity index (χ1n) is 8.04. The molecule has 132 valence electrons. The van der Waals surface area contributed by atoms with Crippen LogP contribution in [0, 0.1) is 0 Å². The van der Waals surface area contributed by atoms with E-state index in [1.165, 1.54) is 0 Å². The SMILES string of the molecule is O=C([O-])CN=NC(COCc1ccccc1)COCc1ccccc1. The molecule has 0 aliphatic rings. The van der Waals surface area contributed by atoms with Crippen LogP contribution in [0.3, 0.4) is 0 Å². The van der Waals surface area contributed by atoms with Crippen molar-refractivity contribution in [2.45, 2.75) is 19.3 Å². The van der Waals surface area contributed by atoms with Crippen LogP contribution in [-0.2, 0) is 27.5 Å². The zero-order chi connectivity index (χ0) is 17.7. The van der Waals surface area contributed by atoms with Crippen molar-refractivity contribution in [3.05, 3.63) is 71.8 Å². The smallest absolute Gasteiger partial charge is 0.117 e. The highest BCUT2D eigenvalue weighted by Crippen LogP contribution is 2.05. The first-order valence-corrected chi connectivity index (χ1v) is 8.04. The Bertz CT molecular complexity index is 601. The molecule has 0 amide bonds. The van der Waals surface area contributed by atoms with Crippen LogP contribution < -0.4 is 5.11 Å². The summed E-state index contributed by atoms with van der Waals surface area (Å²) in [6.45, 7) is 1.02. The third-order valence-electron chi connectivity index (χ3n) is 3.29. The Morgan fingerprint density at radius 1 is 0.880 bits per heavy atom. The molecule has 0 fully saturated rings. The molecule has 0 saturated carbocycles. The van der Waals surface area contributed by atoms with E-state index in [4.69, 9.17) is 9.47 Å². The van der Waals surface area contributed by atoms with Gasteiger partial charge in [0.1, 0.15) is 6.04 Å². The summed E-state index contributed by atoms with van der Waals surface area (Å²) in [5.74, 6) is -1.27. The molecule has 0 atom stereocenters. The monoisotopic (exact) mass is 341 g/mol. The minimum absolute atomic E-state index is 0.292. The van der Waals surface area contributed by atoms with Gasteiger partial charge in [-0.15, -0.1) is 0 Å². The summed E-state index contributed by atoms with van der Waals surface area (Å²) in [5, 5.41) is 18.1. The molecule has 6 nitrogen and oxygen atoms in total. The van der Waals surface area contributed by atoms with Gasteiger partial charge in [-0.3, -0.25) is 0 Å². The van der Waals surface area contributed by atoms with E-state index in [9.17, 15) is 9.90 Å². The third kappa shape index (κ3) is 8.19. The first-order chi connectivity index (χ1) is 12.2. The molecule has 0 unspecified atom stereocenters. The van der Waals surface area contributed by atoms with Gasteiger partial charge in [-0.2, -0.15) is 10.2 Å². The van der Waals surface area contributed by atoms with Crippen molar-refractivity contribution < 1.29 is 19.4 Å². The van der Waals surface area contributed by atoms with Gasteiger partial charge in [-0.1, -0.05) is 60.7 Å². The molecule has 2 rings (SSSR count). The summed E-state index contributed by atoms with van der Waals surface area (Å²) >= 11 is 0. The standard InChI is InChI=1S/C19H22N2O4/c22-19(23)11-20-21-18(14-24-12-16-7-3-1-4-8-16)15-25-13-17-9-5-2-6-10-17/h1-10,18H,11-15H2,(H,22,23)/p-1. The molecule has 0 heterocycles. The van der Waals surface area contributed by atoms with E-state index in [0.29, 0.717) is 26.4 Å². The number of carbonyl (C=O) groups is 1. The summed E-state index contributed by atoms with van der Waals surface area (Å²) in [6.07, 6.45) is 0. The number of benzene rings is 2. The second-order valence-electron chi connectivity index (χ2n) is 5.44. The lowest BCUT2D eigenvalue weighted by Crippen LogP contribution is -2.25. The predicted molar refractivity (Wildman–Crippen MR) is 90.7 cm³/mol. The molecule has 0 saturated heterocycles. The highest BCUT2D eigenvalue weighted by Gasteiger charge is 2.09. The highest BCUT2D eigenvalue weighted by atomic mass is 16.5. The number of aliphatic carboxylic acids is 1. The van der Waals surface area contributed by atoms with Gasteiger partial charge < -0.3 is 19.4 Å². The van der Waals surface area contributed by atoms with Gasteiger partial charge in [-0.05, 0) is 11.1 Å². The van der Waals surface area contributed by atoms with Crippen molar-refractivity contribution >= 4 is 5.97 Å². The number of rotatable bonds is 11. The Hall–Kier alpha value is -2.57. The number of azo groups is 1. The number of carboxylic acid groups (broad SMARTS) is 1. The summed E-state index contributed by atoms with van der Waals surface area (Å²) in [6, 6.07) is 19.2. The fourth-order valence-corrected chi connectivity index (χ4v) is 2.10. The number of nitrogens with zero attached hydrogens (tertiary/aromatic N) is 2. The van der Waals surface area contributed by atoms with E-state index >= 15 is 0 Å². The third-order valence-corrected chi connectivity index (χ3v) is 3.29. The molecule has 0 aromatic heterocycles. The topological polar surface area (TPSA) is 83.3 Å². The second-order valence-corrected chi connectivity index (χ2v) is 5.44. The summed E-state index contributed by atoms with van der Waals surface area (Å²) in [7, 11) is 0. The Morgan fingerprint density at radius 3 is 1.80 bits per heavy atom. The van der Waals surface area contributed by atoms with E-state index in [-0.39, 0.29) is 6.04 Å². The van der Waals surface area contributed by atoms with Crippen LogP contribution in [0.25, 0.3) is 0 Å². The van der Waals surface area contributed by atoms with Crippen LogP contribution in [0.4, 0.5) is 0 Å². The highest BCUT2D eigenvalue weighted by molar-refractivity contribution is 5.66. The predicted octanol–water partition coefficient (Wildman–Crippen LogP) is 1.99. The molecule has 0 N–H and O–H groups in total. The van der Waals surface area contributed by atoms with Gasteiger partial charge in [0.15, 0.2) is 0 Å². The fraction of sp³-hybridized carbons (Fsp3) is 0.316. The van der Waals surface area contributed by atoms with Crippen LogP contribution in [0.15, 0.2) is 70.9 Å². The summed E-state index contributed by atoms with van der Waals surface area (Å²) < 4.78 is 11.3. The minimum atomic E-state index is -1.27. The number of hydrogen-bond acceptors (Lipinski definition) is 6. The molecule has 2 aromatic carbocycles. The lowest BCUT2D eigenvalue weighted by atomic mass is 10.2. The molecule has 0 aliphatic heterocycles. The average molecular weight is 341 g/mol. The van der Waals surface area contributed by atoms with Crippen LogP contribution in [0.1, 0.15) is 11.1 Å². The van der Waals surface area contributed by atoms with E-state index in [0.717, 1.165) is 11.1 Å². The van der Waals surface area contributed by atoms with Crippen LogP contribution in [0.5, 0.6) is 0 Å². The Labute approximate surface area is 147 Å². The van der Waals surface area contributed by atoms with E-state index < -0.39 is 12.5 Å². The number of hydrogen-bond donors (Lipinski definition) is 0. The zero-order valence-corrected chi connectivity index (χ0v) is 13.9. The van der Waals surface area contributed by atoms with Crippen molar-refractivity contribution in [2.24, 2.45) is 10.2 Å². The molecule has 0 aliphatic carbocycles. The van der Waals surface area contributed by atoms with Gasteiger partial charge in [0, 0.05) is 0 Å². The lowest BCUT2D eigenvalue weighted by Gasteiger charge is -2.13. The quantitative estimate of drug-likeness (QED) is 0.585.